The van der Waals surface area contributed by atoms with Crippen LogP contribution in [0.2, 0.25) is 0 Å². The van der Waals surface area contributed by atoms with Crippen molar-refractivity contribution in [2.24, 2.45) is 0 Å². The summed E-state index contributed by atoms with van der Waals surface area (Å²) < 4.78 is 0. The average molecular weight is 326 g/mol. The molecule has 3 heteroatoms. The fraction of sp³-hybridized carbons (Fsp3) is 0.0909. The van der Waals surface area contributed by atoms with Crippen LogP contribution in [0.1, 0.15) is 33.8 Å². The smallest absolute Gasteiger partial charge is 0.163 e. The Morgan fingerprint density at radius 2 is 1.60 bits per heavy atom. The largest absolute Gasteiger partial charge is 0.294 e. The second kappa shape index (κ2) is 6.73. The summed E-state index contributed by atoms with van der Waals surface area (Å²) in [4.78, 5) is 12.8. The topological polar surface area (TPSA) is 45.8 Å². The van der Waals surface area contributed by atoms with E-state index in [9.17, 15) is 4.79 Å². The van der Waals surface area contributed by atoms with Gasteiger partial charge in [-0.2, -0.15) is 5.10 Å². The van der Waals surface area contributed by atoms with Gasteiger partial charge in [0, 0.05) is 23.3 Å². The van der Waals surface area contributed by atoms with Crippen molar-refractivity contribution in [3.05, 3.63) is 102 Å². The zero-order valence-electron chi connectivity index (χ0n) is 13.7. The molecular weight excluding hydrogens is 308 g/mol. The fourth-order valence-corrected chi connectivity index (χ4v) is 3.22. The molecule has 0 fully saturated rings. The number of ketones is 1. The van der Waals surface area contributed by atoms with Gasteiger partial charge in [-0.25, -0.2) is 0 Å². The molecule has 0 amide bonds. The van der Waals surface area contributed by atoms with Gasteiger partial charge in [0.1, 0.15) is 0 Å². The minimum absolute atomic E-state index is 0.0215. The lowest BCUT2D eigenvalue weighted by Gasteiger charge is -2.18. The Bertz CT molecular complexity index is 990. The first kappa shape index (κ1) is 15.3. The van der Waals surface area contributed by atoms with E-state index in [4.69, 9.17) is 0 Å². The third-order valence-corrected chi connectivity index (χ3v) is 4.55. The highest BCUT2D eigenvalue weighted by Crippen LogP contribution is 2.31. The third-order valence-electron chi connectivity index (χ3n) is 4.55. The minimum atomic E-state index is 0.0215. The van der Waals surface area contributed by atoms with Crippen molar-refractivity contribution in [2.75, 3.05) is 0 Å². The molecule has 25 heavy (non-hydrogen) atoms. The molecule has 3 nitrogen and oxygen atoms in total. The van der Waals surface area contributed by atoms with Gasteiger partial charge in [-0.05, 0) is 23.3 Å². The first-order valence-corrected chi connectivity index (χ1v) is 8.37. The van der Waals surface area contributed by atoms with Gasteiger partial charge in [0.2, 0.25) is 0 Å². The number of carbonyl (C=O) groups is 1. The van der Waals surface area contributed by atoms with E-state index >= 15 is 0 Å². The van der Waals surface area contributed by atoms with E-state index in [1.165, 1.54) is 0 Å². The number of nitrogens with zero attached hydrogens (tertiary/aromatic N) is 1. The highest BCUT2D eigenvalue weighted by atomic mass is 16.1. The van der Waals surface area contributed by atoms with E-state index < -0.39 is 0 Å². The van der Waals surface area contributed by atoms with Crippen LogP contribution in [0, 0.1) is 0 Å². The predicted octanol–water partition coefficient (Wildman–Crippen LogP) is 4.97. The lowest BCUT2D eigenvalue weighted by Crippen LogP contribution is -2.09. The summed E-state index contributed by atoms with van der Waals surface area (Å²) in [5, 5.41) is 8.13. The van der Waals surface area contributed by atoms with Gasteiger partial charge in [0.25, 0.3) is 0 Å². The van der Waals surface area contributed by atoms with Gasteiger partial charge in [0.15, 0.2) is 5.78 Å². The van der Waals surface area contributed by atoms with Crippen LogP contribution in [0.3, 0.4) is 0 Å². The minimum Gasteiger partial charge on any atom is -0.294 e. The Hall–Kier alpha value is -3.20. The van der Waals surface area contributed by atoms with Crippen LogP contribution in [0.15, 0.2) is 85.1 Å². The van der Waals surface area contributed by atoms with Crippen molar-refractivity contribution in [1.29, 1.82) is 0 Å². The van der Waals surface area contributed by atoms with Gasteiger partial charge >= 0.3 is 0 Å². The normalized spacial score (nSPS) is 12.2. The van der Waals surface area contributed by atoms with Gasteiger partial charge < -0.3 is 0 Å². The Labute approximate surface area is 146 Å². The van der Waals surface area contributed by atoms with E-state index in [1.807, 2.05) is 60.8 Å². The summed E-state index contributed by atoms with van der Waals surface area (Å²) >= 11 is 0. The number of aromatic amines is 1. The molecule has 1 aromatic heterocycles. The van der Waals surface area contributed by atoms with Crippen LogP contribution < -0.4 is 0 Å². The number of fused-ring (bicyclic) bond motifs is 1. The molecule has 0 spiro atoms. The van der Waals surface area contributed by atoms with Crippen LogP contribution in [0.5, 0.6) is 0 Å². The van der Waals surface area contributed by atoms with Crippen LogP contribution >= 0.6 is 0 Å². The molecule has 0 aliphatic rings. The number of benzene rings is 3. The molecule has 1 atom stereocenters. The Morgan fingerprint density at radius 3 is 2.36 bits per heavy atom. The van der Waals surface area contributed by atoms with E-state index in [1.54, 1.807) is 0 Å². The zero-order chi connectivity index (χ0) is 17.1. The number of H-pyrrole nitrogens is 1. The number of rotatable bonds is 5. The van der Waals surface area contributed by atoms with Crippen LogP contribution in [0.25, 0.3) is 10.9 Å². The molecule has 0 saturated carbocycles. The quantitative estimate of drug-likeness (QED) is 0.526. The number of aromatic nitrogens is 2. The summed E-state index contributed by atoms with van der Waals surface area (Å²) in [6, 6.07) is 25.9. The molecule has 1 heterocycles. The first-order chi connectivity index (χ1) is 12.3. The highest BCUT2D eigenvalue weighted by molar-refractivity contribution is 5.96. The lowest BCUT2D eigenvalue weighted by atomic mass is 9.85. The molecule has 0 saturated heterocycles. The van der Waals surface area contributed by atoms with Gasteiger partial charge in [-0.3, -0.25) is 9.89 Å². The van der Waals surface area contributed by atoms with Crippen molar-refractivity contribution in [3.63, 3.8) is 0 Å². The Morgan fingerprint density at radius 1 is 0.880 bits per heavy atom. The second-order valence-corrected chi connectivity index (χ2v) is 6.17. The number of hydrogen-bond acceptors (Lipinski definition) is 2. The maximum Gasteiger partial charge on any atom is 0.163 e. The molecule has 0 aliphatic carbocycles. The van der Waals surface area contributed by atoms with Gasteiger partial charge in [0.05, 0.1) is 11.7 Å². The summed E-state index contributed by atoms with van der Waals surface area (Å²) in [6.45, 7) is 0. The monoisotopic (exact) mass is 326 g/mol. The maximum absolute atomic E-state index is 12.8. The standard InChI is InChI=1S/C22H18N2O/c25-22(17-9-5-2-6-10-17)14-20(16-7-3-1-4-8-16)18-11-12-21-19(13-18)15-23-24-21/h1-13,15,20H,14H2,(H,23,24). The fourth-order valence-electron chi connectivity index (χ4n) is 3.22. The van der Waals surface area contributed by atoms with E-state index in [0.717, 1.165) is 27.6 Å². The third kappa shape index (κ3) is 3.22. The van der Waals surface area contributed by atoms with Gasteiger partial charge in [-0.15, -0.1) is 0 Å². The summed E-state index contributed by atoms with van der Waals surface area (Å²) in [7, 11) is 0. The van der Waals surface area contributed by atoms with E-state index in [-0.39, 0.29) is 11.7 Å². The average Bonchev–Trinajstić information content (AvgIpc) is 3.15. The van der Waals surface area contributed by atoms with Gasteiger partial charge in [-0.1, -0.05) is 66.7 Å². The van der Waals surface area contributed by atoms with Crippen LogP contribution in [0.4, 0.5) is 0 Å². The molecular formula is C22H18N2O. The maximum atomic E-state index is 12.8. The van der Waals surface area contributed by atoms with E-state index in [2.05, 4.69) is 34.5 Å². The molecule has 3 aromatic carbocycles. The first-order valence-electron chi connectivity index (χ1n) is 8.37. The molecule has 0 radical (unpaired) electrons. The number of Topliss-reactive ketones (excluding diaryl/α,β-unsaturated/α-hetero) is 1. The van der Waals surface area contributed by atoms with Crippen molar-refractivity contribution in [1.82, 2.24) is 10.2 Å². The second-order valence-electron chi connectivity index (χ2n) is 6.17. The molecule has 1 N–H and O–H groups in total. The number of nitrogens with one attached hydrogen (secondary N) is 1. The molecule has 0 bridgehead atoms. The molecule has 1 unspecified atom stereocenters. The summed E-state index contributed by atoms with van der Waals surface area (Å²) in [5.41, 5.74) is 4.04. The lowest BCUT2D eigenvalue weighted by molar-refractivity contribution is 0.0977. The van der Waals surface area contributed by atoms with Crippen molar-refractivity contribution < 1.29 is 4.79 Å². The SMILES string of the molecule is O=C(CC(c1ccccc1)c1ccc2[nH]ncc2c1)c1ccccc1. The summed E-state index contributed by atoms with van der Waals surface area (Å²) in [6.07, 6.45) is 2.26. The Kier molecular flexibility index (Phi) is 4.13. The molecule has 0 aliphatic heterocycles. The van der Waals surface area contributed by atoms with Crippen molar-refractivity contribution in [3.8, 4) is 0 Å². The van der Waals surface area contributed by atoms with Crippen LogP contribution in [-0.4, -0.2) is 16.0 Å². The van der Waals surface area contributed by atoms with Crippen molar-refractivity contribution in [2.45, 2.75) is 12.3 Å². The number of hydrogen-bond donors (Lipinski definition) is 1. The molecule has 4 aromatic rings. The number of carbonyl (C=O) groups excluding carboxylic acids is 1. The van der Waals surface area contributed by atoms with E-state index in [0.29, 0.717) is 6.42 Å². The van der Waals surface area contributed by atoms with Crippen molar-refractivity contribution >= 4 is 16.7 Å². The summed E-state index contributed by atoms with van der Waals surface area (Å²) in [5.74, 6) is 0.176. The molecule has 122 valence electrons. The van der Waals surface area contributed by atoms with Crippen LogP contribution in [-0.2, 0) is 0 Å². The molecule has 4 rings (SSSR count). The highest BCUT2D eigenvalue weighted by Gasteiger charge is 2.19. The Balaban J connectivity index is 1.72. The predicted molar refractivity (Wildman–Crippen MR) is 99.8 cm³/mol. The zero-order valence-corrected chi connectivity index (χ0v) is 13.7.